The number of aromatic carboxylic acids is 1. The van der Waals surface area contributed by atoms with Crippen molar-refractivity contribution in [1.29, 1.82) is 0 Å². The first-order chi connectivity index (χ1) is 10.5. The van der Waals surface area contributed by atoms with E-state index in [1.807, 2.05) is 30.3 Å². The van der Waals surface area contributed by atoms with Crippen LogP contribution >= 0.6 is 23.2 Å². The van der Waals surface area contributed by atoms with Gasteiger partial charge in [0.2, 0.25) is 0 Å². The van der Waals surface area contributed by atoms with Gasteiger partial charge < -0.3 is 9.84 Å². The van der Waals surface area contributed by atoms with Gasteiger partial charge in [0.05, 0.1) is 16.3 Å². The van der Waals surface area contributed by atoms with Crippen LogP contribution < -0.4 is 5.32 Å². The highest BCUT2D eigenvalue weighted by Crippen LogP contribution is 2.30. The summed E-state index contributed by atoms with van der Waals surface area (Å²) in [5.74, 6) is -1.24. The first-order valence-corrected chi connectivity index (χ1v) is 6.93. The second-order valence-corrected chi connectivity index (χ2v) is 5.12. The number of anilines is 1. The monoisotopic (exact) mass is 339 g/mol. The van der Waals surface area contributed by atoms with Crippen molar-refractivity contribution in [2.45, 2.75) is 6.61 Å². The second-order valence-electron chi connectivity index (χ2n) is 4.31. The van der Waals surface area contributed by atoms with E-state index in [9.17, 15) is 9.59 Å². The number of carbonyl (C=O) groups is 2. The molecule has 2 aromatic carbocycles. The lowest BCUT2D eigenvalue weighted by atomic mass is 10.2. The van der Waals surface area contributed by atoms with Crippen LogP contribution in [0.1, 0.15) is 15.9 Å². The quantitative estimate of drug-likeness (QED) is 0.863. The van der Waals surface area contributed by atoms with Crippen LogP contribution in [0.4, 0.5) is 10.5 Å². The fourth-order valence-electron chi connectivity index (χ4n) is 1.70. The highest BCUT2D eigenvalue weighted by molar-refractivity contribution is 6.38. The van der Waals surface area contributed by atoms with Crippen LogP contribution in [0.2, 0.25) is 10.0 Å². The van der Waals surface area contributed by atoms with Crippen LogP contribution in [0.25, 0.3) is 0 Å². The Labute approximate surface area is 136 Å². The van der Waals surface area contributed by atoms with Crippen molar-refractivity contribution in [3.8, 4) is 0 Å². The molecule has 0 atom stereocenters. The first-order valence-electron chi connectivity index (χ1n) is 6.17. The first kappa shape index (κ1) is 16.1. The van der Waals surface area contributed by atoms with Crippen molar-refractivity contribution >= 4 is 41.0 Å². The molecule has 2 aromatic rings. The molecule has 0 spiro atoms. The Bertz CT molecular complexity index is 704. The van der Waals surface area contributed by atoms with Gasteiger partial charge in [0.1, 0.15) is 6.61 Å². The molecule has 1 amide bonds. The van der Waals surface area contributed by atoms with Crippen molar-refractivity contribution < 1.29 is 19.4 Å². The van der Waals surface area contributed by atoms with Gasteiger partial charge in [-0.1, -0.05) is 53.5 Å². The van der Waals surface area contributed by atoms with E-state index in [0.29, 0.717) is 0 Å². The number of carboxylic acid groups (broad SMARTS) is 1. The molecule has 0 aromatic heterocycles. The Morgan fingerprint density at radius 2 is 1.82 bits per heavy atom. The summed E-state index contributed by atoms with van der Waals surface area (Å²) in [6.45, 7) is 0.0800. The lowest BCUT2D eigenvalue weighted by Gasteiger charge is -2.10. The van der Waals surface area contributed by atoms with E-state index in [0.717, 1.165) is 5.56 Å². The van der Waals surface area contributed by atoms with Gasteiger partial charge >= 0.3 is 12.1 Å². The molecule has 0 fully saturated rings. The van der Waals surface area contributed by atoms with Crippen LogP contribution in [0, 0.1) is 0 Å². The number of nitrogens with one attached hydrogen (secondary N) is 1. The Morgan fingerprint density at radius 1 is 1.14 bits per heavy atom. The number of carboxylic acids is 1. The predicted molar refractivity (Wildman–Crippen MR) is 83.7 cm³/mol. The molecular weight excluding hydrogens is 329 g/mol. The van der Waals surface area contributed by atoms with Gasteiger partial charge in [-0.2, -0.15) is 0 Å². The number of halogens is 2. The van der Waals surface area contributed by atoms with E-state index in [4.69, 9.17) is 33.0 Å². The standard InChI is InChI=1S/C15H11Cl2NO4/c16-10-6-11(14(19)20)13(17)12(7-10)18-15(21)22-8-9-4-2-1-3-5-9/h1-7H,8H2,(H,18,21)(H,19,20). The SMILES string of the molecule is O=C(Nc1cc(Cl)cc(C(=O)O)c1Cl)OCc1ccccc1. The van der Waals surface area contributed by atoms with E-state index < -0.39 is 12.1 Å². The second kappa shape index (κ2) is 7.15. The van der Waals surface area contributed by atoms with Crippen molar-refractivity contribution in [2.24, 2.45) is 0 Å². The summed E-state index contributed by atoms with van der Waals surface area (Å²) >= 11 is 11.7. The van der Waals surface area contributed by atoms with Crippen LogP contribution in [-0.4, -0.2) is 17.2 Å². The molecule has 22 heavy (non-hydrogen) atoms. The molecule has 2 rings (SSSR count). The Kier molecular flexibility index (Phi) is 5.25. The van der Waals surface area contributed by atoms with Crippen LogP contribution in [0.5, 0.6) is 0 Å². The lowest BCUT2D eigenvalue weighted by Crippen LogP contribution is -2.14. The predicted octanol–water partition coefficient (Wildman–Crippen LogP) is 4.44. The highest BCUT2D eigenvalue weighted by atomic mass is 35.5. The Morgan fingerprint density at radius 3 is 2.45 bits per heavy atom. The van der Waals surface area contributed by atoms with E-state index in [-0.39, 0.29) is 27.9 Å². The molecule has 0 saturated heterocycles. The number of benzene rings is 2. The third-order valence-corrected chi connectivity index (χ3v) is 3.34. The number of amides is 1. The fraction of sp³-hybridized carbons (Fsp3) is 0.0667. The third kappa shape index (κ3) is 4.13. The number of rotatable bonds is 4. The number of hydrogen-bond acceptors (Lipinski definition) is 3. The van der Waals surface area contributed by atoms with Gasteiger partial charge in [0, 0.05) is 5.02 Å². The van der Waals surface area contributed by atoms with Crippen LogP contribution in [0.3, 0.4) is 0 Å². The molecule has 2 N–H and O–H groups in total. The maximum atomic E-state index is 11.7. The number of ether oxygens (including phenoxy) is 1. The zero-order chi connectivity index (χ0) is 16.1. The lowest BCUT2D eigenvalue weighted by molar-refractivity contribution is 0.0697. The number of hydrogen-bond donors (Lipinski definition) is 2. The van der Waals surface area contributed by atoms with Gasteiger partial charge in [0.25, 0.3) is 0 Å². The molecule has 0 unspecified atom stereocenters. The van der Waals surface area contributed by atoms with Crippen LogP contribution in [0.15, 0.2) is 42.5 Å². The maximum absolute atomic E-state index is 11.7. The Balaban J connectivity index is 2.07. The minimum Gasteiger partial charge on any atom is -0.478 e. The summed E-state index contributed by atoms with van der Waals surface area (Å²) in [7, 11) is 0. The largest absolute Gasteiger partial charge is 0.478 e. The summed E-state index contributed by atoms with van der Waals surface area (Å²) in [4.78, 5) is 22.8. The van der Waals surface area contributed by atoms with Gasteiger partial charge in [-0.15, -0.1) is 0 Å². The molecule has 0 saturated carbocycles. The molecule has 7 heteroatoms. The van der Waals surface area contributed by atoms with E-state index in [2.05, 4.69) is 5.32 Å². The molecule has 0 radical (unpaired) electrons. The molecule has 0 heterocycles. The number of carbonyl (C=O) groups excluding carboxylic acids is 1. The minimum absolute atomic E-state index is 0.0737. The maximum Gasteiger partial charge on any atom is 0.412 e. The highest BCUT2D eigenvalue weighted by Gasteiger charge is 2.16. The topological polar surface area (TPSA) is 75.6 Å². The van der Waals surface area contributed by atoms with Gasteiger partial charge in [0.15, 0.2) is 0 Å². The van der Waals surface area contributed by atoms with E-state index >= 15 is 0 Å². The molecule has 114 valence electrons. The summed E-state index contributed by atoms with van der Waals surface area (Å²) in [6, 6.07) is 11.7. The zero-order valence-electron chi connectivity index (χ0n) is 11.2. The summed E-state index contributed by atoms with van der Waals surface area (Å²) in [5.41, 5.74) is 0.693. The summed E-state index contributed by atoms with van der Waals surface area (Å²) in [6.07, 6.45) is -0.760. The summed E-state index contributed by atoms with van der Waals surface area (Å²) in [5, 5.41) is 11.4. The average molecular weight is 340 g/mol. The van der Waals surface area contributed by atoms with Gasteiger partial charge in [-0.25, -0.2) is 9.59 Å². The third-order valence-electron chi connectivity index (χ3n) is 2.72. The molecule has 0 aliphatic rings. The summed E-state index contributed by atoms with van der Waals surface area (Å²) < 4.78 is 5.03. The van der Waals surface area contributed by atoms with Gasteiger partial charge in [-0.3, -0.25) is 5.32 Å². The molecule has 0 aliphatic heterocycles. The zero-order valence-corrected chi connectivity index (χ0v) is 12.7. The van der Waals surface area contributed by atoms with Crippen molar-refractivity contribution in [1.82, 2.24) is 0 Å². The van der Waals surface area contributed by atoms with E-state index in [1.54, 1.807) is 0 Å². The van der Waals surface area contributed by atoms with Gasteiger partial charge in [-0.05, 0) is 17.7 Å². The van der Waals surface area contributed by atoms with Crippen molar-refractivity contribution in [2.75, 3.05) is 5.32 Å². The molecule has 5 nitrogen and oxygen atoms in total. The molecule has 0 aliphatic carbocycles. The fourth-order valence-corrected chi connectivity index (χ4v) is 2.16. The van der Waals surface area contributed by atoms with Crippen LogP contribution in [-0.2, 0) is 11.3 Å². The van der Waals surface area contributed by atoms with E-state index in [1.165, 1.54) is 12.1 Å². The molecule has 0 bridgehead atoms. The van der Waals surface area contributed by atoms with Crippen molar-refractivity contribution in [3.05, 3.63) is 63.6 Å². The molecular formula is C15H11Cl2NO4. The minimum atomic E-state index is -1.24. The van der Waals surface area contributed by atoms with Crippen molar-refractivity contribution in [3.63, 3.8) is 0 Å². The smallest absolute Gasteiger partial charge is 0.412 e. The Hall–Kier alpha value is -2.24. The average Bonchev–Trinajstić information content (AvgIpc) is 2.49. The normalized spacial score (nSPS) is 10.1.